The van der Waals surface area contributed by atoms with Crippen molar-refractivity contribution >= 4 is 0 Å². The molecule has 0 aromatic heterocycles. The second kappa shape index (κ2) is 11.4. The van der Waals surface area contributed by atoms with E-state index in [1.54, 1.807) is 0 Å². The molecule has 0 amide bonds. The van der Waals surface area contributed by atoms with Gasteiger partial charge in [-0.05, 0) is 24.3 Å². The molecule has 0 fully saturated rings. The Kier molecular flexibility index (Phi) is 12.5. The Bertz CT molecular complexity index is 288. The van der Waals surface area contributed by atoms with E-state index in [1.165, 1.54) is 18.4 Å². The molecule has 120 valence electrons. The van der Waals surface area contributed by atoms with Crippen molar-refractivity contribution in [3.63, 3.8) is 0 Å². The number of hydrogen-bond acceptors (Lipinski definition) is 1. The van der Waals surface area contributed by atoms with E-state index in [9.17, 15) is 0 Å². The number of quaternary nitrogens is 1. The summed E-state index contributed by atoms with van der Waals surface area (Å²) in [5.74, 6) is 1.16. The first-order valence-corrected chi connectivity index (χ1v) is 7.57. The minimum Gasteiger partial charge on any atom is -1.00 e. The van der Waals surface area contributed by atoms with E-state index in [4.69, 9.17) is 4.74 Å². The number of rotatable bonds is 10. The minimum atomic E-state index is 0. The lowest BCUT2D eigenvalue weighted by Gasteiger charge is -2.25. The Hall–Kier alpha value is -0.270. The first-order chi connectivity index (χ1) is 8.80. The van der Waals surface area contributed by atoms with Crippen molar-refractivity contribution in [2.75, 3.05) is 40.9 Å². The van der Waals surface area contributed by atoms with Gasteiger partial charge in [0.05, 0.1) is 34.4 Å². The summed E-state index contributed by atoms with van der Waals surface area (Å²) in [5.41, 5.74) is 4.51. The van der Waals surface area contributed by atoms with E-state index in [0.717, 1.165) is 30.7 Å². The number of nitrogens with zero attached hydrogens (tertiary/aromatic N) is 1. The summed E-state index contributed by atoms with van der Waals surface area (Å²) in [6.45, 7) is 13.3. The number of hydrogen-bond donors (Lipinski definition) is 0. The summed E-state index contributed by atoms with van der Waals surface area (Å²) in [7, 11) is 6.59. The van der Waals surface area contributed by atoms with Crippen LogP contribution in [0.15, 0.2) is 17.9 Å². The van der Waals surface area contributed by atoms with Gasteiger partial charge in [0, 0.05) is 5.92 Å². The topological polar surface area (TPSA) is 9.23 Å². The van der Waals surface area contributed by atoms with Crippen molar-refractivity contribution in [2.45, 2.75) is 40.0 Å². The second-order valence-corrected chi connectivity index (χ2v) is 6.87. The highest BCUT2D eigenvalue weighted by Gasteiger charge is 2.15. The molecule has 2 nitrogen and oxygen atoms in total. The molecule has 0 heterocycles. The zero-order chi connectivity index (χ0) is 14.9. The molecular weight excluding hydrogens is 270 g/mol. The van der Waals surface area contributed by atoms with Crippen molar-refractivity contribution in [1.29, 1.82) is 0 Å². The van der Waals surface area contributed by atoms with Gasteiger partial charge in [0.2, 0.25) is 0 Å². The number of ether oxygens (including phenoxy) is 1. The normalized spacial score (nSPS) is 12.8. The Balaban J connectivity index is 0. The van der Waals surface area contributed by atoms with Gasteiger partial charge in [-0.3, -0.25) is 0 Å². The Morgan fingerprint density at radius 1 is 1.25 bits per heavy atom. The van der Waals surface area contributed by atoms with Gasteiger partial charge in [-0.2, -0.15) is 0 Å². The Morgan fingerprint density at radius 3 is 2.25 bits per heavy atom. The first-order valence-electron chi connectivity index (χ1n) is 7.57. The van der Waals surface area contributed by atoms with Crippen molar-refractivity contribution in [1.82, 2.24) is 0 Å². The van der Waals surface area contributed by atoms with Crippen molar-refractivity contribution in [2.24, 2.45) is 11.8 Å². The van der Waals surface area contributed by atoms with Crippen LogP contribution in [0.5, 0.6) is 0 Å². The lowest BCUT2D eigenvalue weighted by Crippen LogP contribution is -3.00. The first kappa shape index (κ1) is 22.0. The van der Waals surface area contributed by atoms with Crippen LogP contribution >= 0.6 is 0 Å². The summed E-state index contributed by atoms with van der Waals surface area (Å²) < 4.78 is 6.84. The van der Waals surface area contributed by atoms with Crippen LogP contribution in [-0.2, 0) is 4.74 Å². The Labute approximate surface area is 132 Å². The molecule has 0 saturated heterocycles. The molecule has 0 bridgehead atoms. The van der Waals surface area contributed by atoms with Crippen LogP contribution < -0.4 is 12.4 Å². The zero-order valence-electron chi connectivity index (χ0n) is 14.3. The Morgan fingerprint density at radius 2 is 1.85 bits per heavy atom. The molecule has 0 aliphatic heterocycles. The van der Waals surface area contributed by atoms with Gasteiger partial charge in [0.1, 0.15) is 6.54 Å². The fraction of sp³-hybridized carbons (Fsp3) is 0.824. The highest BCUT2D eigenvalue weighted by atomic mass is 35.5. The fourth-order valence-electron chi connectivity index (χ4n) is 2.09. The van der Waals surface area contributed by atoms with Crippen molar-refractivity contribution < 1.29 is 21.6 Å². The van der Waals surface area contributed by atoms with E-state index >= 15 is 0 Å². The highest BCUT2D eigenvalue weighted by molar-refractivity contribution is 5.05. The number of halogens is 1. The van der Waals surface area contributed by atoms with E-state index in [-0.39, 0.29) is 12.4 Å². The van der Waals surface area contributed by atoms with Gasteiger partial charge in [-0.25, -0.2) is 0 Å². The van der Waals surface area contributed by atoms with Crippen LogP contribution in [0, 0.1) is 11.8 Å². The van der Waals surface area contributed by atoms with Gasteiger partial charge < -0.3 is 21.6 Å². The highest BCUT2D eigenvalue weighted by Crippen LogP contribution is 2.23. The van der Waals surface area contributed by atoms with Crippen LogP contribution in [-0.4, -0.2) is 45.4 Å². The lowest BCUT2D eigenvalue weighted by atomic mass is 9.89. The third-order valence-corrected chi connectivity index (χ3v) is 3.21. The smallest absolute Gasteiger partial charge is 0.102 e. The predicted molar refractivity (Wildman–Crippen MR) is 84.2 cm³/mol. The van der Waals surface area contributed by atoms with E-state index < -0.39 is 0 Å². The molecule has 0 aromatic rings. The van der Waals surface area contributed by atoms with Gasteiger partial charge in [-0.15, -0.1) is 5.73 Å². The van der Waals surface area contributed by atoms with Crippen molar-refractivity contribution in [3.8, 4) is 0 Å². The minimum absolute atomic E-state index is 0. The molecule has 0 rings (SSSR count). The standard InChI is InChI=1S/C17H34NO.ClH/c1-8-10-17(16(9-2)13-15(3)4)14-19-12-11-18(5,6)7;/h15,17H,2,8,10-14H2,1,3-7H3;1H/q+1;/p-1. The third-order valence-electron chi connectivity index (χ3n) is 3.21. The summed E-state index contributed by atoms with van der Waals surface area (Å²) in [6, 6.07) is 0. The average Bonchev–Trinajstić information content (AvgIpc) is 2.28. The molecule has 0 aliphatic carbocycles. The van der Waals surface area contributed by atoms with Crippen LogP contribution in [0.2, 0.25) is 0 Å². The summed E-state index contributed by atoms with van der Waals surface area (Å²) in [4.78, 5) is 0. The van der Waals surface area contributed by atoms with Gasteiger partial charge in [0.25, 0.3) is 0 Å². The van der Waals surface area contributed by atoms with Crippen LogP contribution in [0.25, 0.3) is 0 Å². The second-order valence-electron chi connectivity index (χ2n) is 6.87. The summed E-state index contributed by atoms with van der Waals surface area (Å²) in [6.07, 6.45) is 3.45. The van der Waals surface area contributed by atoms with Crippen LogP contribution in [0.1, 0.15) is 40.0 Å². The van der Waals surface area contributed by atoms with E-state index in [2.05, 4.69) is 54.2 Å². The quantitative estimate of drug-likeness (QED) is 0.331. The van der Waals surface area contributed by atoms with Gasteiger partial charge in [0.15, 0.2) is 0 Å². The molecule has 0 aliphatic rings. The maximum absolute atomic E-state index is 5.88. The van der Waals surface area contributed by atoms with E-state index in [0.29, 0.717) is 11.8 Å². The van der Waals surface area contributed by atoms with E-state index in [1.807, 2.05) is 0 Å². The largest absolute Gasteiger partial charge is 1.00 e. The van der Waals surface area contributed by atoms with Crippen molar-refractivity contribution in [3.05, 3.63) is 17.9 Å². The molecule has 0 spiro atoms. The van der Waals surface area contributed by atoms with Gasteiger partial charge >= 0.3 is 0 Å². The molecule has 1 unspecified atom stereocenters. The molecular formula is C17H34ClNO. The fourth-order valence-corrected chi connectivity index (χ4v) is 2.09. The zero-order valence-corrected chi connectivity index (χ0v) is 15.1. The SMILES string of the molecule is C=C=C(CC(C)C)C(CCC)COCC[N+](C)(C)C.[Cl-]. The molecule has 20 heavy (non-hydrogen) atoms. The maximum atomic E-state index is 5.88. The monoisotopic (exact) mass is 303 g/mol. The molecule has 0 aromatic carbocycles. The molecule has 3 heteroatoms. The molecule has 0 N–H and O–H groups in total. The summed E-state index contributed by atoms with van der Waals surface area (Å²) >= 11 is 0. The molecule has 0 saturated carbocycles. The molecule has 0 radical (unpaired) electrons. The predicted octanol–water partition coefficient (Wildman–Crippen LogP) is 0.887. The average molecular weight is 304 g/mol. The maximum Gasteiger partial charge on any atom is 0.102 e. The van der Waals surface area contributed by atoms with Gasteiger partial charge in [-0.1, -0.05) is 33.8 Å². The number of likely N-dealkylation sites (N-methyl/N-ethyl adjacent to an activating group) is 1. The molecule has 1 atom stereocenters. The van der Waals surface area contributed by atoms with Crippen LogP contribution in [0.4, 0.5) is 0 Å². The third kappa shape index (κ3) is 11.5. The lowest BCUT2D eigenvalue weighted by molar-refractivity contribution is -0.870. The van der Waals surface area contributed by atoms with Crippen LogP contribution in [0.3, 0.4) is 0 Å². The summed E-state index contributed by atoms with van der Waals surface area (Å²) in [5, 5.41) is 0.